The second kappa shape index (κ2) is 7.41. The molecule has 0 bridgehead atoms. The Morgan fingerprint density at radius 1 is 1.14 bits per heavy atom. The first-order valence-electron chi connectivity index (χ1n) is 6.65. The van der Waals surface area contributed by atoms with Crippen molar-refractivity contribution in [2.75, 3.05) is 5.32 Å². The summed E-state index contributed by atoms with van der Waals surface area (Å²) in [6.45, 7) is -0.707. The summed E-state index contributed by atoms with van der Waals surface area (Å²) in [5, 5.41) is 3.39. The third kappa shape index (κ3) is 4.70. The van der Waals surface area contributed by atoms with E-state index in [0.29, 0.717) is 0 Å². The molecule has 0 aliphatic rings. The fourth-order valence-electron chi connectivity index (χ4n) is 2.08. The zero-order chi connectivity index (χ0) is 15.2. The van der Waals surface area contributed by atoms with Crippen LogP contribution in [0.2, 0.25) is 0 Å². The molecule has 1 unspecified atom stereocenters. The highest BCUT2D eigenvalue weighted by atomic mass is 79.9. The van der Waals surface area contributed by atoms with E-state index in [0.717, 1.165) is 16.6 Å². The van der Waals surface area contributed by atoms with Crippen LogP contribution in [0.15, 0.2) is 53.0 Å². The van der Waals surface area contributed by atoms with Crippen molar-refractivity contribution in [2.24, 2.45) is 0 Å². The number of benzene rings is 2. The SMILES string of the molecule is CCC(Nc1ccc(OC(F)F)cc1)c1cccc(Br)c1. The summed E-state index contributed by atoms with van der Waals surface area (Å²) in [5.74, 6) is 0.158. The molecule has 0 heterocycles. The molecule has 1 atom stereocenters. The van der Waals surface area contributed by atoms with E-state index in [4.69, 9.17) is 0 Å². The average Bonchev–Trinajstić information content (AvgIpc) is 2.46. The van der Waals surface area contributed by atoms with Crippen LogP contribution in [-0.4, -0.2) is 6.61 Å². The summed E-state index contributed by atoms with van der Waals surface area (Å²) in [6, 6.07) is 14.8. The first kappa shape index (κ1) is 15.8. The normalized spacial score (nSPS) is 12.2. The molecule has 2 rings (SSSR count). The molecule has 0 fully saturated rings. The predicted molar refractivity (Wildman–Crippen MR) is 83.9 cm³/mol. The van der Waals surface area contributed by atoms with Crippen molar-refractivity contribution in [2.45, 2.75) is 26.0 Å². The molecule has 0 saturated heterocycles. The van der Waals surface area contributed by atoms with E-state index < -0.39 is 6.61 Å². The summed E-state index contributed by atoms with van der Waals surface area (Å²) in [5.41, 5.74) is 2.03. The largest absolute Gasteiger partial charge is 0.435 e. The van der Waals surface area contributed by atoms with E-state index in [9.17, 15) is 8.78 Å². The Kier molecular flexibility index (Phi) is 5.56. The molecule has 21 heavy (non-hydrogen) atoms. The van der Waals surface area contributed by atoms with E-state index in [1.54, 1.807) is 12.1 Å². The number of hydrogen-bond acceptors (Lipinski definition) is 2. The van der Waals surface area contributed by atoms with Crippen LogP contribution in [0.3, 0.4) is 0 Å². The zero-order valence-electron chi connectivity index (χ0n) is 11.5. The maximum atomic E-state index is 12.1. The van der Waals surface area contributed by atoms with E-state index in [-0.39, 0.29) is 11.8 Å². The molecule has 0 amide bonds. The molecule has 0 spiro atoms. The van der Waals surface area contributed by atoms with Crippen LogP contribution in [0.5, 0.6) is 5.75 Å². The van der Waals surface area contributed by atoms with Crippen LogP contribution in [0.25, 0.3) is 0 Å². The lowest BCUT2D eigenvalue weighted by molar-refractivity contribution is -0.0498. The van der Waals surface area contributed by atoms with Crippen molar-refractivity contribution in [3.8, 4) is 5.75 Å². The Balaban J connectivity index is 2.08. The summed E-state index contributed by atoms with van der Waals surface area (Å²) in [6.07, 6.45) is 0.908. The predicted octanol–water partition coefficient (Wildman–Crippen LogP) is 5.61. The second-order valence-electron chi connectivity index (χ2n) is 4.56. The van der Waals surface area contributed by atoms with Gasteiger partial charge in [0.05, 0.1) is 6.04 Å². The Morgan fingerprint density at radius 2 is 1.86 bits per heavy atom. The van der Waals surface area contributed by atoms with Gasteiger partial charge in [-0.1, -0.05) is 35.0 Å². The van der Waals surface area contributed by atoms with Crippen LogP contribution in [0.4, 0.5) is 14.5 Å². The molecule has 2 aromatic rings. The summed E-state index contributed by atoms with van der Waals surface area (Å²) in [7, 11) is 0. The van der Waals surface area contributed by atoms with Crippen LogP contribution < -0.4 is 10.1 Å². The van der Waals surface area contributed by atoms with Crippen molar-refractivity contribution in [3.63, 3.8) is 0 Å². The van der Waals surface area contributed by atoms with Gasteiger partial charge in [-0.2, -0.15) is 8.78 Å². The molecule has 1 N–H and O–H groups in total. The second-order valence-corrected chi connectivity index (χ2v) is 5.48. The minimum Gasteiger partial charge on any atom is -0.435 e. The molecule has 2 nitrogen and oxygen atoms in total. The minimum absolute atomic E-state index is 0.157. The minimum atomic E-state index is -2.80. The molecule has 0 aromatic heterocycles. The van der Waals surface area contributed by atoms with E-state index in [1.165, 1.54) is 17.7 Å². The number of ether oxygens (including phenoxy) is 1. The molecule has 5 heteroatoms. The Morgan fingerprint density at radius 3 is 2.43 bits per heavy atom. The van der Waals surface area contributed by atoms with Crippen LogP contribution in [0, 0.1) is 0 Å². The monoisotopic (exact) mass is 355 g/mol. The number of hydrogen-bond donors (Lipinski definition) is 1. The molecule has 0 saturated carbocycles. The van der Waals surface area contributed by atoms with Crippen LogP contribution in [-0.2, 0) is 0 Å². The Labute approximate surface area is 131 Å². The van der Waals surface area contributed by atoms with Gasteiger partial charge in [0, 0.05) is 10.2 Å². The van der Waals surface area contributed by atoms with E-state index in [2.05, 4.69) is 45.0 Å². The Hall–Kier alpha value is -1.62. The quantitative estimate of drug-likeness (QED) is 0.726. The lowest BCUT2D eigenvalue weighted by atomic mass is 10.0. The molecule has 0 radical (unpaired) electrons. The fraction of sp³-hybridized carbons (Fsp3) is 0.250. The smallest absolute Gasteiger partial charge is 0.387 e. The standard InChI is InChI=1S/C16H16BrF2NO/c1-2-15(11-4-3-5-12(17)10-11)20-13-6-8-14(9-7-13)21-16(18)19/h3-10,15-16,20H,2H2,1H3. The molecule has 2 aromatic carbocycles. The highest BCUT2D eigenvalue weighted by Gasteiger charge is 2.10. The van der Waals surface area contributed by atoms with Gasteiger partial charge >= 0.3 is 6.61 Å². The summed E-state index contributed by atoms with van der Waals surface area (Å²) in [4.78, 5) is 0. The third-order valence-corrected chi connectivity index (χ3v) is 3.57. The van der Waals surface area contributed by atoms with Gasteiger partial charge in [-0.25, -0.2) is 0 Å². The first-order chi connectivity index (χ1) is 10.1. The number of alkyl halides is 2. The topological polar surface area (TPSA) is 21.3 Å². The van der Waals surface area contributed by atoms with Gasteiger partial charge < -0.3 is 10.1 Å². The number of anilines is 1. The van der Waals surface area contributed by atoms with Gasteiger partial charge in [-0.05, 0) is 48.4 Å². The van der Waals surface area contributed by atoms with Crippen molar-refractivity contribution in [1.82, 2.24) is 0 Å². The number of halogens is 3. The van der Waals surface area contributed by atoms with Crippen LogP contribution >= 0.6 is 15.9 Å². The van der Waals surface area contributed by atoms with Crippen molar-refractivity contribution < 1.29 is 13.5 Å². The first-order valence-corrected chi connectivity index (χ1v) is 7.44. The Bertz CT molecular complexity index is 575. The van der Waals surface area contributed by atoms with E-state index in [1.807, 2.05) is 12.1 Å². The molecule has 0 aliphatic heterocycles. The van der Waals surface area contributed by atoms with Crippen molar-refractivity contribution >= 4 is 21.6 Å². The van der Waals surface area contributed by atoms with Gasteiger partial charge in [0.2, 0.25) is 0 Å². The third-order valence-electron chi connectivity index (χ3n) is 3.08. The van der Waals surface area contributed by atoms with Gasteiger partial charge in [0.1, 0.15) is 5.75 Å². The van der Waals surface area contributed by atoms with Gasteiger partial charge in [-0.3, -0.25) is 0 Å². The highest BCUT2D eigenvalue weighted by molar-refractivity contribution is 9.10. The average molecular weight is 356 g/mol. The van der Waals surface area contributed by atoms with Gasteiger partial charge in [0.25, 0.3) is 0 Å². The highest BCUT2D eigenvalue weighted by Crippen LogP contribution is 2.26. The molecular weight excluding hydrogens is 340 g/mol. The maximum absolute atomic E-state index is 12.1. The number of rotatable bonds is 6. The summed E-state index contributed by atoms with van der Waals surface area (Å²) >= 11 is 3.46. The zero-order valence-corrected chi connectivity index (χ0v) is 13.1. The van der Waals surface area contributed by atoms with E-state index >= 15 is 0 Å². The molecule has 112 valence electrons. The van der Waals surface area contributed by atoms with Crippen molar-refractivity contribution in [3.05, 3.63) is 58.6 Å². The number of nitrogens with one attached hydrogen (secondary N) is 1. The molecular formula is C16H16BrF2NO. The fourth-order valence-corrected chi connectivity index (χ4v) is 2.50. The van der Waals surface area contributed by atoms with Gasteiger partial charge in [-0.15, -0.1) is 0 Å². The maximum Gasteiger partial charge on any atom is 0.387 e. The summed E-state index contributed by atoms with van der Waals surface area (Å²) < 4.78 is 29.6. The lowest BCUT2D eigenvalue weighted by Crippen LogP contribution is -2.09. The van der Waals surface area contributed by atoms with Crippen molar-refractivity contribution in [1.29, 1.82) is 0 Å². The van der Waals surface area contributed by atoms with Gasteiger partial charge in [0.15, 0.2) is 0 Å². The molecule has 0 aliphatic carbocycles. The lowest BCUT2D eigenvalue weighted by Gasteiger charge is -2.19. The van der Waals surface area contributed by atoms with Crippen LogP contribution in [0.1, 0.15) is 24.9 Å².